The fourth-order valence-corrected chi connectivity index (χ4v) is 2.29. The van der Waals surface area contributed by atoms with Crippen molar-refractivity contribution in [3.8, 4) is 0 Å². The number of hydrogen-bond donors (Lipinski definition) is 2. The van der Waals surface area contributed by atoms with Crippen LogP contribution < -0.4 is 10.6 Å². The topological polar surface area (TPSA) is 84.0 Å². The SMILES string of the molecule is CC(=O)c1ccc(C(=O)NCCNc2ncccn2)s1. The number of nitrogens with zero attached hydrogens (tertiary/aromatic N) is 2. The standard InChI is InChI=1S/C13H14N4O2S/c1-9(18)10-3-4-11(20-10)12(19)14-7-8-17-13-15-5-2-6-16-13/h2-6H,7-8H2,1H3,(H,14,19)(H,15,16,17). The van der Waals surface area contributed by atoms with Gasteiger partial charge in [-0.05, 0) is 25.1 Å². The zero-order valence-electron chi connectivity index (χ0n) is 10.9. The fourth-order valence-electron chi connectivity index (χ4n) is 1.48. The van der Waals surface area contributed by atoms with E-state index in [2.05, 4.69) is 20.6 Å². The maximum absolute atomic E-state index is 11.8. The summed E-state index contributed by atoms with van der Waals surface area (Å²) < 4.78 is 0. The Kier molecular flexibility index (Phi) is 4.78. The third-order valence-corrected chi connectivity index (χ3v) is 3.62. The molecule has 2 rings (SSSR count). The van der Waals surface area contributed by atoms with Gasteiger partial charge in [0.1, 0.15) is 0 Å². The molecular formula is C13H14N4O2S. The number of hydrogen-bond acceptors (Lipinski definition) is 6. The Balaban J connectivity index is 1.76. The Morgan fingerprint density at radius 3 is 2.50 bits per heavy atom. The largest absolute Gasteiger partial charge is 0.352 e. The molecule has 0 unspecified atom stereocenters. The molecule has 0 atom stereocenters. The minimum Gasteiger partial charge on any atom is -0.352 e. The van der Waals surface area contributed by atoms with Crippen molar-refractivity contribution < 1.29 is 9.59 Å². The van der Waals surface area contributed by atoms with Crippen LogP contribution in [-0.2, 0) is 0 Å². The van der Waals surface area contributed by atoms with Gasteiger partial charge in [-0.3, -0.25) is 9.59 Å². The first-order valence-electron chi connectivity index (χ1n) is 6.06. The minimum absolute atomic E-state index is 0.0306. The first-order chi connectivity index (χ1) is 9.66. The number of Topliss-reactive ketones (excluding diaryl/α,β-unsaturated/α-hetero) is 1. The number of anilines is 1. The molecule has 0 saturated heterocycles. The van der Waals surface area contributed by atoms with Crippen molar-refractivity contribution in [2.24, 2.45) is 0 Å². The van der Waals surface area contributed by atoms with Crippen LogP contribution in [0.1, 0.15) is 26.3 Å². The monoisotopic (exact) mass is 290 g/mol. The van der Waals surface area contributed by atoms with E-state index in [1.807, 2.05) is 0 Å². The predicted octanol–water partition coefficient (Wildman–Crippen LogP) is 1.58. The Morgan fingerprint density at radius 1 is 1.15 bits per heavy atom. The van der Waals surface area contributed by atoms with Gasteiger partial charge in [-0.25, -0.2) is 9.97 Å². The number of carbonyl (C=O) groups excluding carboxylic acids is 2. The quantitative estimate of drug-likeness (QED) is 0.623. The molecule has 2 aromatic rings. The average Bonchev–Trinajstić information content (AvgIpc) is 2.94. The molecule has 0 fully saturated rings. The normalized spacial score (nSPS) is 10.1. The lowest BCUT2D eigenvalue weighted by Gasteiger charge is -2.05. The van der Waals surface area contributed by atoms with Gasteiger partial charge in [0.15, 0.2) is 5.78 Å². The maximum Gasteiger partial charge on any atom is 0.261 e. The Labute approximate surface area is 120 Å². The van der Waals surface area contributed by atoms with Crippen LogP contribution in [0.4, 0.5) is 5.95 Å². The first kappa shape index (κ1) is 14.1. The minimum atomic E-state index is -0.182. The number of thiophene rings is 1. The zero-order valence-corrected chi connectivity index (χ0v) is 11.7. The predicted molar refractivity (Wildman–Crippen MR) is 77.2 cm³/mol. The Morgan fingerprint density at radius 2 is 1.85 bits per heavy atom. The van der Waals surface area contributed by atoms with Crippen molar-refractivity contribution in [2.75, 3.05) is 18.4 Å². The summed E-state index contributed by atoms with van der Waals surface area (Å²) in [6.07, 6.45) is 3.28. The molecule has 20 heavy (non-hydrogen) atoms. The molecule has 0 aliphatic heterocycles. The highest BCUT2D eigenvalue weighted by atomic mass is 32.1. The van der Waals surface area contributed by atoms with E-state index in [1.165, 1.54) is 18.3 Å². The third-order valence-electron chi connectivity index (χ3n) is 2.44. The number of carbonyl (C=O) groups is 2. The van der Waals surface area contributed by atoms with E-state index < -0.39 is 0 Å². The highest BCUT2D eigenvalue weighted by Gasteiger charge is 2.10. The van der Waals surface area contributed by atoms with Crippen LogP contribution in [0, 0.1) is 0 Å². The summed E-state index contributed by atoms with van der Waals surface area (Å²) >= 11 is 1.20. The second-order valence-corrected chi connectivity index (χ2v) is 5.06. The van der Waals surface area contributed by atoms with Gasteiger partial charge >= 0.3 is 0 Å². The van der Waals surface area contributed by atoms with E-state index in [1.54, 1.807) is 30.6 Å². The van der Waals surface area contributed by atoms with Crippen molar-refractivity contribution in [1.82, 2.24) is 15.3 Å². The van der Waals surface area contributed by atoms with Crippen LogP contribution in [0.3, 0.4) is 0 Å². The lowest BCUT2D eigenvalue weighted by Crippen LogP contribution is -2.28. The van der Waals surface area contributed by atoms with Gasteiger partial charge in [-0.15, -0.1) is 11.3 Å². The molecule has 0 aromatic carbocycles. The van der Waals surface area contributed by atoms with Crippen LogP contribution in [0.5, 0.6) is 0 Å². The Bertz CT molecular complexity index is 597. The van der Waals surface area contributed by atoms with Crippen molar-refractivity contribution >= 4 is 29.0 Å². The van der Waals surface area contributed by atoms with Crippen molar-refractivity contribution in [3.63, 3.8) is 0 Å². The van der Waals surface area contributed by atoms with Crippen LogP contribution in [0.15, 0.2) is 30.6 Å². The lowest BCUT2D eigenvalue weighted by atomic mass is 10.3. The summed E-state index contributed by atoms with van der Waals surface area (Å²) in [5.74, 6) is 0.312. The zero-order chi connectivity index (χ0) is 14.4. The van der Waals surface area contributed by atoms with Crippen molar-refractivity contribution in [2.45, 2.75) is 6.92 Å². The van der Waals surface area contributed by atoms with Crippen molar-refractivity contribution in [1.29, 1.82) is 0 Å². The molecule has 104 valence electrons. The lowest BCUT2D eigenvalue weighted by molar-refractivity contribution is 0.0958. The summed E-state index contributed by atoms with van der Waals surface area (Å²) in [4.78, 5) is 32.1. The molecule has 0 bridgehead atoms. The number of amides is 1. The molecule has 2 N–H and O–H groups in total. The third kappa shape index (κ3) is 3.86. The van der Waals surface area contributed by atoms with E-state index in [0.717, 1.165) is 0 Å². The van der Waals surface area contributed by atoms with Crippen LogP contribution in [0.25, 0.3) is 0 Å². The van der Waals surface area contributed by atoms with Gasteiger partial charge in [0.2, 0.25) is 5.95 Å². The molecule has 6 nitrogen and oxygen atoms in total. The summed E-state index contributed by atoms with van der Waals surface area (Å²) in [5, 5.41) is 5.75. The smallest absolute Gasteiger partial charge is 0.261 e. The highest BCUT2D eigenvalue weighted by molar-refractivity contribution is 7.15. The highest BCUT2D eigenvalue weighted by Crippen LogP contribution is 2.16. The van der Waals surface area contributed by atoms with E-state index in [0.29, 0.717) is 28.8 Å². The van der Waals surface area contributed by atoms with Gasteiger partial charge < -0.3 is 10.6 Å². The van der Waals surface area contributed by atoms with Crippen LogP contribution in [-0.4, -0.2) is 34.7 Å². The molecule has 0 spiro atoms. The van der Waals surface area contributed by atoms with Crippen molar-refractivity contribution in [3.05, 3.63) is 40.3 Å². The molecule has 1 amide bonds. The molecule has 2 heterocycles. The molecule has 0 radical (unpaired) electrons. The van der Waals surface area contributed by atoms with Gasteiger partial charge in [0.25, 0.3) is 5.91 Å². The second kappa shape index (κ2) is 6.76. The molecule has 0 saturated carbocycles. The van der Waals surface area contributed by atoms with Gasteiger partial charge in [0, 0.05) is 25.5 Å². The number of ketones is 1. The van der Waals surface area contributed by atoms with Gasteiger partial charge in [-0.2, -0.15) is 0 Å². The summed E-state index contributed by atoms with van der Waals surface area (Å²) in [6, 6.07) is 5.05. The summed E-state index contributed by atoms with van der Waals surface area (Å²) in [7, 11) is 0. The molecule has 0 aliphatic rings. The number of aromatic nitrogens is 2. The van der Waals surface area contributed by atoms with Crippen LogP contribution >= 0.6 is 11.3 Å². The van der Waals surface area contributed by atoms with E-state index >= 15 is 0 Å². The number of rotatable bonds is 6. The average molecular weight is 290 g/mol. The van der Waals surface area contributed by atoms with E-state index in [9.17, 15) is 9.59 Å². The van der Waals surface area contributed by atoms with Gasteiger partial charge in [0.05, 0.1) is 9.75 Å². The molecule has 7 heteroatoms. The van der Waals surface area contributed by atoms with E-state index in [-0.39, 0.29) is 11.7 Å². The van der Waals surface area contributed by atoms with Crippen LogP contribution in [0.2, 0.25) is 0 Å². The van der Waals surface area contributed by atoms with Gasteiger partial charge in [-0.1, -0.05) is 0 Å². The second-order valence-electron chi connectivity index (χ2n) is 3.98. The summed E-state index contributed by atoms with van der Waals surface area (Å²) in [6.45, 7) is 2.46. The van der Waals surface area contributed by atoms with E-state index in [4.69, 9.17) is 0 Å². The number of nitrogens with one attached hydrogen (secondary N) is 2. The molecule has 2 aromatic heterocycles. The molecular weight excluding hydrogens is 276 g/mol. The maximum atomic E-state index is 11.8. The Hall–Kier alpha value is -2.28. The first-order valence-corrected chi connectivity index (χ1v) is 6.88. The fraction of sp³-hybridized carbons (Fsp3) is 0.231. The molecule has 0 aliphatic carbocycles. The summed E-state index contributed by atoms with van der Waals surface area (Å²) in [5.41, 5.74) is 0.